The molecule has 0 aliphatic carbocycles. The van der Waals surface area contributed by atoms with E-state index in [0.717, 1.165) is 12.1 Å². The first kappa shape index (κ1) is 17.2. The quantitative estimate of drug-likeness (QED) is 0.668. The largest absolute Gasteiger partial charge is 0.322 e. The molecule has 0 heterocycles. The van der Waals surface area contributed by atoms with Crippen molar-refractivity contribution in [3.8, 4) is 0 Å². The monoisotopic (exact) mass is 367 g/mol. The van der Waals surface area contributed by atoms with Crippen molar-refractivity contribution in [2.75, 3.05) is 5.32 Å². The first-order chi connectivity index (χ1) is 10.6. The number of carbonyl (C=O) groups is 1. The van der Waals surface area contributed by atoms with Crippen molar-refractivity contribution in [1.82, 2.24) is 0 Å². The Balaban J connectivity index is 2.41. The van der Waals surface area contributed by atoms with Gasteiger partial charge in [-0.1, -0.05) is 0 Å². The van der Waals surface area contributed by atoms with Crippen LogP contribution in [0.3, 0.4) is 0 Å². The second kappa shape index (κ2) is 6.17. The highest BCUT2D eigenvalue weighted by atomic mass is 35.7. The molecule has 23 heavy (non-hydrogen) atoms. The van der Waals surface area contributed by atoms with Gasteiger partial charge in [-0.05, 0) is 18.2 Å². The van der Waals surface area contributed by atoms with Gasteiger partial charge in [0.15, 0.2) is 11.6 Å². The molecule has 0 spiro atoms. The van der Waals surface area contributed by atoms with E-state index in [9.17, 15) is 30.8 Å². The molecular weight excluding hydrogens is 362 g/mol. The fraction of sp³-hybridized carbons (Fsp3) is 0. The molecule has 0 saturated heterocycles. The first-order valence-electron chi connectivity index (χ1n) is 5.79. The molecule has 0 atom stereocenters. The Hall–Kier alpha value is -2.13. The van der Waals surface area contributed by atoms with E-state index >= 15 is 0 Å². The minimum absolute atomic E-state index is 0.176. The zero-order valence-electron chi connectivity index (χ0n) is 10.9. The minimum Gasteiger partial charge on any atom is -0.322 e. The van der Waals surface area contributed by atoms with Crippen LogP contribution in [0.25, 0.3) is 0 Å². The summed E-state index contributed by atoms with van der Waals surface area (Å²) >= 11 is 0. The summed E-state index contributed by atoms with van der Waals surface area (Å²) in [7, 11) is 0.428. The summed E-state index contributed by atoms with van der Waals surface area (Å²) in [6.45, 7) is 0. The molecule has 0 fully saturated rings. The highest BCUT2D eigenvalue weighted by Crippen LogP contribution is 2.23. The summed E-state index contributed by atoms with van der Waals surface area (Å²) in [6, 6.07) is 2.93. The molecule has 4 nitrogen and oxygen atoms in total. The topological polar surface area (TPSA) is 63.2 Å². The highest BCUT2D eigenvalue weighted by Gasteiger charge is 2.23. The van der Waals surface area contributed by atoms with Crippen molar-refractivity contribution in [1.29, 1.82) is 0 Å². The van der Waals surface area contributed by atoms with Crippen LogP contribution in [-0.2, 0) is 9.05 Å². The van der Waals surface area contributed by atoms with Gasteiger partial charge in [-0.3, -0.25) is 4.79 Å². The van der Waals surface area contributed by atoms with Gasteiger partial charge < -0.3 is 5.32 Å². The number of hydrogen-bond acceptors (Lipinski definition) is 3. The number of anilines is 1. The Kier molecular flexibility index (Phi) is 4.62. The molecule has 0 aliphatic heterocycles. The molecule has 2 aromatic rings. The minimum atomic E-state index is -4.55. The number of nitrogens with one attached hydrogen (secondary N) is 1. The Bertz CT molecular complexity index is 902. The lowest BCUT2D eigenvalue weighted by molar-refractivity contribution is 0.102. The average molecular weight is 368 g/mol. The van der Waals surface area contributed by atoms with Gasteiger partial charge in [-0.25, -0.2) is 26.0 Å². The Morgan fingerprint density at radius 3 is 2.13 bits per heavy atom. The zero-order valence-corrected chi connectivity index (χ0v) is 12.5. The summed E-state index contributed by atoms with van der Waals surface area (Å²) in [5.41, 5.74) is -1.05. The maximum atomic E-state index is 13.6. The van der Waals surface area contributed by atoms with Gasteiger partial charge in [0.25, 0.3) is 15.0 Å². The number of halogens is 5. The zero-order chi connectivity index (χ0) is 17.4. The summed E-state index contributed by atoms with van der Waals surface area (Å²) in [6.07, 6.45) is 0. The van der Waals surface area contributed by atoms with Gasteiger partial charge in [0.1, 0.15) is 16.5 Å². The predicted molar refractivity (Wildman–Crippen MR) is 73.7 cm³/mol. The van der Waals surface area contributed by atoms with Crippen LogP contribution in [0, 0.1) is 23.3 Å². The van der Waals surface area contributed by atoms with Crippen LogP contribution in [0.4, 0.5) is 23.2 Å². The van der Waals surface area contributed by atoms with Gasteiger partial charge in [-0.2, -0.15) is 0 Å². The summed E-state index contributed by atoms with van der Waals surface area (Å²) < 4.78 is 75.2. The maximum Gasteiger partial charge on any atom is 0.264 e. The highest BCUT2D eigenvalue weighted by molar-refractivity contribution is 8.13. The van der Waals surface area contributed by atoms with Gasteiger partial charge in [0.2, 0.25) is 0 Å². The van der Waals surface area contributed by atoms with E-state index in [1.807, 2.05) is 5.32 Å². The Morgan fingerprint density at radius 2 is 1.57 bits per heavy atom. The number of rotatable bonds is 3. The second-order valence-corrected chi connectivity index (χ2v) is 6.82. The number of hydrogen-bond donors (Lipinski definition) is 1. The third-order valence-electron chi connectivity index (χ3n) is 2.71. The molecule has 122 valence electrons. The van der Waals surface area contributed by atoms with Crippen molar-refractivity contribution in [3.63, 3.8) is 0 Å². The predicted octanol–water partition coefficient (Wildman–Crippen LogP) is 3.42. The standard InChI is InChI=1S/C13H6ClF4NO3S/c14-23(21,22)12-4-7(9(16)5-11(12)18)13(20)19-6-1-2-8(15)10(17)3-6/h1-5H,(H,19,20). The van der Waals surface area contributed by atoms with Crippen LogP contribution >= 0.6 is 10.7 Å². The average Bonchev–Trinajstić information content (AvgIpc) is 2.41. The Morgan fingerprint density at radius 1 is 0.913 bits per heavy atom. The van der Waals surface area contributed by atoms with Gasteiger partial charge >= 0.3 is 0 Å². The van der Waals surface area contributed by atoms with Gasteiger partial charge in [0.05, 0.1) is 5.56 Å². The number of benzene rings is 2. The molecule has 0 saturated carbocycles. The van der Waals surface area contributed by atoms with Crippen molar-refractivity contribution >= 4 is 31.3 Å². The van der Waals surface area contributed by atoms with Crippen molar-refractivity contribution in [3.05, 3.63) is 59.2 Å². The molecule has 0 bridgehead atoms. The second-order valence-electron chi connectivity index (χ2n) is 4.28. The van der Waals surface area contributed by atoms with E-state index in [1.54, 1.807) is 0 Å². The normalized spacial score (nSPS) is 11.3. The fourth-order valence-electron chi connectivity index (χ4n) is 1.66. The van der Waals surface area contributed by atoms with Crippen LogP contribution in [0.15, 0.2) is 35.2 Å². The first-order valence-corrected chi connectivity index (χ1v) is 8.10. The maximum absolute atomic E-state index is 13.6. The van der Waals surface area contributed by atoms with Gasteiger partial charge in [0, 0.05) is 28.5 Å². The van der Waals surface area contributed by atoms with Gasteiger partial charge in [-0.15, -0.1) is 0 Å². The lowest BCUT2D eigenvalue weighted by Crippen LogP contribution is -2.15. The van der Waals surface area contributed by atoms with E-state index in [2.05, 4.69) is 0 Å². The lowest BCUT2D eigenvalue weighted by atomic mass is 10.2. The molecule has 10 heteroatoms. The smallest absolute Gasteiger partial charge is 0.264 e. The fourth-order valence-corrected chi connectivity index (χ4v) is 2.57. The summed E-state index contributed by atoms with van der Waals surface area (Å²) in [4.78, 5) is 10.8. The van der Waals surface area contributed by atoms with Crippen LogP contribution in [0.1, 0.15) is 10.4 Å². The number of carbonyl (C=O) groups excluding carboxylic acids is 1. The third-order valence-corrected chi connectivity index (χ3v) is 4.04. The van der Waals surface area contributed by atoms with Crippen molar-refractivity contribution < 1.29 is 30.8 Å². The Labute approximate surface area is 132 Å². The van der Waals surface area contributed by atoms with Crippen molar-refractivity contribution in [2.24, 2.45) is 0 Å². The van der Waals surface area contributed by atoms with E-state index in [1.165, 1.54) is 0 Å². The van der Waals surface area contributed by atoms with E-state index < -0.39 is 48.7 Å². The SMILES string of the molecule is O=C(Nc1ccc(F)c(F)c1)c1cc(S(=O)(=O)Cl)c(F)cc1F. The molecule has 1 amide bonds. The molecule has 0 aliphatic rings. The summed E-state index contributed by atoms with van der Waals surface area (Å²) in [5, 5.41) is 2.02. The molecule has 1 N–H and O–H groups in total. The van der Waals surface area contributed by atoms with Crippen molar-refractivity contribution in [2.45, 2.75) is 4.90 Å². The molecule has 0 unspecified atom stereocenters. The summed E-state index contributed by atoms with van der Waals surface area (Å²) in [5.74, 6) is -6.44. The third kappa shape index (κ3) is 3.80. The lowest BCUT2D eigenvalue weighted by Gasteiger charge is -2.08. The van der Waals surface area contributed by atoms with E-state index in [-0.39, 0.29) is 11.8 Å². The molecule has 0 aromatic heterocycles. The molecular formula is C13H6ClF4NO3S. The van der Waals surface area contributed by atoms with Crippen LogP contribution in [0.2, 0.25) is 0 Å². The van der Waals surface area contributed by atoms with Crippen LogP contribution in [-0.4, -0.2) is 14.3 Å². The van der Waals surface area contributed by atoms with E-state index in [4.69, 9.17) is 10.7 Å². The van der Waals surface area contributed by atoms with Crippen LogP contribution in [0.5, 0.6) is 0 Å². The van der Waals surface area contributed by atoms with Crippen LogP contribution < -0.4 is 5.32 Å². The molecule has 0 radical (unpaired) electrons. The van der Waals surface area contributed by atoms with E-state index in [0.29, 0.717) is 12.1 Å². The molecule has 2 aromatic carbocycles. The molecule has 2 rings (SSSR count). The number of amides is 1.